The summed E-state index contributed by atoms with van der Waals surface area (Å²) in [5.74, 6) is 1.51. The van der Waals surface area contributed by atoms with Crippen LogP contribution >= 0.6 is 0 Å². The minimum absolute atomic E-state index is 0.344. The second-order valence-electron chi connectivity index (χ2n) is 5.16. The van der Waals surface area contributed by atoms with Gasteiger partial charge in [-0.25, -0.2) is 0 Å². The smallest absolute Gasteiger partial charge is 0.137 e. The van der Waals surface area contributed by atoms with E-state index in [4.69, 9.17) is 9.47 Å². The topological polar surface area (TPSA) is 43.1 Å². The fourth-order valence-electron chi connectivity index (χ4n) is 2.53. The molecule has 4 heteroatoms. The van der Waals surface area contributed by atoms with Gasteiger partial charge in [0.15, 0.2) is 0 Å². The Balaban J connectivity index is 1.74. The summed E-state index contributed by atoms with van der Waals surface area (Å²) in [5.41, 5.74) is 0. The van der Waals surface area contributed by atoms with Crippen LogP contribution in [0.25, 0.3) is 0 Å². The summed E-state index contributed by atoms with van der Waals surface area (Å²) in [6, 6.07) is 7.47. The number of methoxy groups -OCH3 is 1. The third kappa shape index (κ3) is 4.73. The second-order valence-corrected chi connectivity index (χ2v) is 5.16. The van der Waals surface area contributed by atoms with Gasteiger partial charge in [-0.2, -0.15) is 0 Å². The van der Waals surface area contributed by atoms with E-state index >= 15 is 0 Å². The molecule has 0 unspecified atom stereocenters. The second kappa shape index (κ2) is 7.36. The average molecular weight is 266 g/mol. The number of hydrogen-bond acceptors (Lipinski definition) is 3. The summed E-state index contributed by atoms with van der Waals surface area (Å²) < 4.78 is 10.7. The number of hydrogen-bond donors (Lipinski definition) is 2. The molecule has 19 heavy (non-hydrogen) atoms. The van der Waals surface area contributed by atoms with Crippen LogP contribution in [0.5, 0.6) is 11.5 Å². The molecule has 1 aliphatic heterocycles. The van der Waals surface area contributed by atoms with Crippen molar-refractivity contribution in [2.24, 2.45) is 0 Å². The van der Waals surface area contributed by atoms with Crippen molar-refractivity contribution < 1.29 is 19.5 Å². The molecule has 4 nitrogen and oxygen atoms in total. The highest BCUT2D eigenvalue weighted by Crippen LogP contribution is 2.18. The molecule has 2 N–H and O–H groups in total. The Morgan fingerprint density at radius 3 is 2.68 bits per heavy atom. The number of likely N-dealkylation sites (tertiary alicyclic amines) is 1. The fraction of sp³-hybridized carbons (Fsp3) is 0.600. The van der Waals surface area contributed by atoms with Crippen LogP contribution in [0.4, 0.5) is 0 Å². The lowest BCUT2D eigenvalue weighted by atomic mass is 10.1. The van der Waals surface area contributed by atoms with Crippen molar-refractivity contribution in [3.05, 3.63) is 24.3 Å². The zero-order valence-corrected chi connectivity index (χ0v) is 11.6. The Hall–Kier alpha value is -1.26. The molecular formula is C15H24NO3+. The molecule has 0 amide bonds. The third-order valence-electron chi connectivity index (χ3n) is 3.57. The van der Waals surface area contributed by atoms with Crippen LogP contribution in [0.15, 0.2) is 24.3 Å². The Morgan fingerprint density at radius 2 is 1.95 bits per heavy atom. The molecule has 0 aliphatic carbocycles. The van der Waals surface area contributed by atoms with Gasteiger partial charge in [0.1, 0.15) is 30.8 Å². The van der Waals surface area contributed by atoms with Crippen LogP contribution in [-0.2, 0) is 0 Å². The van der Waals surface area contributed by atoms with Crippen molar-refractivity contribution in [3.8, 4) is 11.5 Å². The normalized spacial score (nSPS) is 18.0. The lowest BCUT2D eigenvalue weighted by molar-refractivity contribution is -0.908. The first-order valence-corrected chi connectivity index (χ1v) is 7.06. The number of piperidine rings is 1. The summed E-state index contributed by atoms with van der Waals surface area (Å²) in [6.45, 7) is 3.48. The minimum atomic E-state index is -0.403. The van der Waals surface area contributed by atoms with E-state index in [1.807, 2.05) is 24.3 Å². The number of aliphatic hydroxyl groups excluding tert-OH is 1. The Kier molecular flexibility index (Phi) is 5.48. The highest BCUT2D eigenvalue weighted by molar-refractivity contribution is 5.32. The van der Waals surface area contributed by atoms with Gasteiger partial charge in [0.2, 0.25) is 0 Å². The molecule has 1 fully saturated rings. The Labute approximate surface area is 114 Å². The summed E-state index contributed by atoms with van der Waals surface area (Å²) in [7, 11) is 1.63. The summed E-state index contributed by atoms with van der Waals surface area (Å²) in [6.07, 6.45) is 3.48. The summed E-state index contributed by atoms with van der Waals surface area (Å²) >= 11 is 0. The Bertz CT molecular complexity index is 377. The van der Waals surface area contributed by atoms with E-state index in [0.29, 0.717) is 6.61 Å². The highest BCUT2D eigenvalue weighted by atomic mass is 16.5. The van der Waals surface area contributed by atoms with E-state index in [2.05, 4.69) is 0 Å². The van der Waals surface area contributed by atoms with Crippen LogP contribution in [-0.4, -0.2) is 44.6 Å². The van der Waals surface area contributed by atoms with Gasteiger partial charge in [-0.15, -0.1) is 0 Å². The number of nitrogens with one attached hydrogen (secondary N) is 1. The maximum atomic E-state index is 10.0. The first-order valence-electron chi connectivity index (χ1n) is 7.06. The van der Waals surface area contributed by atoms with Crippen LogP contribution in [0, 0.1) is 0 Å². The van der Waals surface area contributed by atoms with Crippen molar-refractivity contribution in [1.29, 1.82) is 0 Å². The SMILES string of the molecule is COc1cccc(OC[C@H](O)C[NH+]2CCCCC2)c1. The average Bonchev–Trinajstić information content (AvgIpc) is 2.46. The van der Waals surface area contributed by atoms with E-state index in [1.54, 1.807) is 7.11 Å². The zero-order chi connectivity index (χ0) is 13.5. The van der Waals surface area contributed by atoms with Gasteiger partial charge in [-0.05, 0) is 31.4 Å². The lowest BCUT2D eigenvalue weighted by Gasteiger charge is -2.25. The van der Waals surface area contributed by atoms with Crippen LogP contribution in [0.3, 0.4) is 0 Å². The quantitative estimate of drug-likeness (QED) is 0.788. The first-order chi connectivity index (χ1) is 9.28. The van der Waals surface area contributed by atoms with Gasteiger partial charge in [-0.1, -0.05) is 6.07 Å². The molecule has 1 atom stereocenters. The van der Waals surface area contributed by atoms with E-state index in [-0.39, 0.29) is 0 Å². The molecular weight excluding hydrogens is 242 g/mol. The number of ether oxygens (including phenoxy) is 2. The molecule has 2 rings (SSSR count). The van der Waals surface area contributed by atoms with Crippen molar-refractivity contribution in [2.45, 2.75) is 25.4 Å². The highest BCUT2D eigenvalue weighted by Gasteiger charge is 2.18. The molecule has 0 bridgehead atoms. The number of aliphatic hydroxyl groups is 1. The predicted octanol–water partition coefficient (Wildman–Crippen LogP) is 0.504. The van der Waals surface area contributed by atoms with Crippen LogP contribution < -0.4 is 14.4 Å². The fourth-order valence-corrected chi connectivity index (χ4v) is 2.53. The van der Waals surface area contributed by atoms with Gasteiger partial charge in [0.25, 0.3) is 0 Å². The van der Waals surface area contributed by atoms with Crippen molar-refractivity contribution in [2.75, 3.05) is 33.4 Å². The van der Waals surface area contributed by atoms with Crippen LogP contribution in [0.1, 0.15) is 19.3 Å². The van der Waals surface area contributed by atoms with E-state index < -0.39 is 6.10 Å². The molecule has 1 aromatic carbocycles. The summed E-state index contributed by atoms with van der Waals surface area (Å²) in [4.78, 5) is 1.49. The van der Waals surface area contributed by atoms with Gasteiger partial charge in [-0.3, -0.25) is 0 Å². The largest absolute Gasteiger partial charge is 0.497 e. The van der Waals surface area contributed by atoms with E-state index in [0.717, 1.165) is 18.0 Å². The van der Waals surface area contributed by atoms with E-state index in [9.17, 15) is 5.11 Å². The molecule has 1 saturated heterocycles. The number of quaternary nitrogens is 1. The van der Waals surface area contributed by atoms with Gasteiger partial charge in [0.05, 0.1) is 20.2 Å². The van der Waals surface area contributed by atoms with Crippen molar-refractivity contribution in [3.63, 3.8) is 0 Å². The monoisotopic (exact) mass is 266 g/mol. The molecule has 1 heterocycles. The molecule has 1 aromatic rings. The standard InChI is InChI=1S/C15H23NO3/c1-18-14-6-5-7-15(10-14)19-12-13(17)11-16-8-3-2-4-9-16/h5-7,10,13,17H,2-4,8-9,11-12H2,1H3/p+1/t13-/m1/s1. The molecule has 1 aliphatic rings. The first kappa shape index (κ1) is 14.2. The number of benzene rings is 1. The minimum Gasteiger partial charge on any atom is -0.497 e. The molecule has 0 aromatic heterocycles. The molecule has 0 radical (unpaired) electrons. The molecule has 0 spiro atoms. The van der Waals surface area contributed by atoms with Gasteiger partial charge in [0, 0.05) is 6.07 Å². The van der Waals surface area contributed by atoms with Crippen molar-refractivity contribution >= 4 is 0 Å². The third-order valence-corrected chi connectivity index (χ3v) is 3.57. The summed E-state index contributed by atoms with van der Waals surface area (Å²) in [5, 5.41) is 10.0. The number of rotatable bonds is 6. The van der Waals surface area contributed by atoms with Crippen LogP contribution in [0.2, 0.25) is 0 Å². The zero-order valence-electron chi connectivity index (χ0n) is 11.6. The maximum absolute atomic E-state index is 10.0. The van der Waals surface area contributed by atoms with E-state index in [1.165, 1.54) is 37.3 Å². The molecule has 106 valence electrons. The molecule has 0 saturated carbocycles. The maximum Gasteiger partial charge on any atom is 0.137 e. The lowest BCUT2D eigenvalue weighted by Crippen LogP contribution is -3.14. The van der Waals surface area contributed by atoms with Crippen molar-refractivity contribution in [1.82, 2.24) is 0 Å². The Morgan fingerprint density at radius 1 is 1.21 bits per heavy atom. The van der Waals surface area contributed by atoms with Gasteiger partial charge >= 0.3 is 0 Å². The van der Waals surface area contributed by atoms with Gasteiger partial charge < -0.3 is 19.5 Å². The predicted molar refractivity (Wildman–Crippen MR) is 73.9 cm³/mol.